The third-order valence-corrected chi connectivity index (χ3v) is 6.42. The number of rotatable bonds is 9. The number of anilines is 2. The third-order valence-electron chi connectivity index (χ3n) is 4.37. The number of carbonyl (C=O) groups excluding carboxylic acids is 1. The summed E-state index contributed by atoms with van der Waals surface area (Å²) in [6.45, 7) is 10.7. The minimum absolute atomic E-state index is 0.0538. The molecule has 0 radical (unpaired) electrons. The van der Waals surface area contributed by atoms with Crippen LogP contribution in [0.15, 0.2) is 29.2 Å². The SMILES string of the molecule is CCNc1ccc(S(=O)(=O)N(CC)CC)cc1NC(=O)Cn1nc(C)cc1C. The van der Waals surface area contributed by atoms with Crippen LogP contribution in [-0.2, 0) is 21.4 Å². The first-order valence-corrected chi connectivity index (χ1v) is 10.9. The van der Waals surface area contributed by atoms with Gasteiger partial charge in [-0.3, -0.25) is 9.48 Å². The van der Waals surface area contributed by atoms with E-state index in [0.717, 1.165) is 11.4 Å². The zero-order valence-electron chi connectivity index (χ0n) is 17.1. The molecule has 2 aromatic rings. The maximum absolute atomic E-state index is 12.8. The molecular formula is C19H29N5O3S. The van der Waals surface area contributed by atoms with Crippen LogP contribution >= 0.6 is 0 Å². The van der Waals surface area contributed by atoms with E-state index in [-0.39, 0.29) is 17.3 Å². The average Bonchev–Trinajstić information content (AvgIpc) is 2.94. The van der Waals surface area contributed by atoms with Crippen molar-refractivity contribution in [3.05, 3.63) is 35.7 Å². The monoisotopic (exact) mass is 407 g/mol. The summed E-state index contributed by atoms with van der Waals surface area (Å²) < 4.78 is 28.6. The van der Waals surface area contributed by atoms with E-state index in [4.69, 9.17) is 0 Å². The molecule has 0 spiro atoms. The number of benzene rings is 1. The Morgan fingerprint density at radius 3 is 2.32 bits per heavy atom. The van der Waals surface area contributed by atoms with Gasteiger partial charge in [0, 0.05) is 25.3 Å². The van der Waals surface area contributed by atoms with Crippen molar-refractivity contribution < 1.29 is 13.2 Å². The molecule has 9 heteroatoms. The molecule has 0 saturated carbocycles. The first-order chi connectivity index (χ1) is 13.2. The van der Waals surface area contributed by atoms with Gasteiger partial charge in [-0.25, -0.2) is 8.42 Å². The lowest BCUT2D eigenvalue weighted by molar-refractivity contribution is -0.116. The topological polar surface area (TPSA) is 96.3 Å². The van der Waals surface area contributed by atoms with E-state index in [9.17, 15) is 13.2 Å². The number of nitrogens with one attached hydrogen (secondary N) is 2. The largest absolute Gasteiger partial charge is 0.384 e. The van der Waals surface area contributed by atoms with Crippen molar-refractivity contribution in [1.29, 1.82) is 0 Å². The molecule has 0 atom stereocenters. The van der Waals surface area contributed by atoms with Crippen molar-refractivity contribution in [2.24, 2.45) is 0 Å². The molecule has 0 unspecified atom stereocenters. The van der Waals surface area contributed by atoms with Gasteiger partial charge in [-0.1, -0.05) is 13.8 Å². The molecule has 154 valence electrons. The summed E-state index contributed by atoms with van der Waals surface area (Å²) in [6, 6.07) is 6.64. The Kier molecular flexibility index (Phi) is 7.20. The Balaban J connectivity index is 2.32. The van der Waals surface area contributed by atoms with Gasteiger partial charge in [-0.15, -0.1) is 0 Å². The molecule has 0 saturated heterocycles. The quantitative estimate of drug-likeness (QED) is 0.666. The Morgan fingerprint density at radius 1 is 1.11 bits per heavy atom. The molecule has 1 aromatic heterocycles. The molecule has 0 fully saturated rings. The first-order valence-electron chi connectivity index (χ1n) is 9.41. The molecule has 2 rings (SSSR count). The van der Waals surface area contributed by atoms with Crippen molar-refractivity contribution in [1.82, 2.24) is 14.1 Å². The molecule has 0 bridgehead atoms. The van der Waals surface area contributed by atoms with Gasteiger partial charge in [-0.2, -0.15) is 9.40 Å². The van der Waals surface area contributed by atoms with E-state index >= 15 is 0 Å². The van der Waals surface area contributed by atoms with Gasteiger partial charge < -0.3 is 10.6 Å². The summed E-state index contributed by atoms with van der Waals surface area (Å²) in [5, 5.41) is 10.3. The number of hydrogen-bond acceptors (Lipinski definition) is 5. The number of aryl methyl sites for hydroxylation is 2. The summed E-state index contributed by atoms with van der Waals surface area (Å²) in [4.78, 5) is 12.7. The second kappa shape index (κ2) is 9.20. The minimum Gasteiger partial charge on any atom is -0.384 e. The van der Waals surface area contributed by atoms with Crippen LogP contribution in [0.3, 0.4) is 0 Å². The van der Waals surface area contributed by atoms with Gasteiger partial charge in [0.25, 0.3) is 0 Å². The van der Waals surface area contributed by atoms with E-state index < -0.39 is 10.0 Å². The number of aromatic nitrogens is 2. The summed E-state index contributed by atoms with van der Waals surface area (Å²) >= 11 is 0. The molecule has 1 heterocycles. The van der Waals surface area contributed by atoms with Crippen LogP contribution in [0.2, 0.25) is 0 Å². The number of hydrogen-bond donors (Lipinski definition) is 2. The fourth-order valence-electron chi connectivity index (χ4n) is 3.01. The van der Waals surface area contributed by atoms with E-state index in [1.54, 1.807) is 30.7 Å². The molecular weight excluding hydrogens is 378 g/mol. The smallest absolute Gasteiger partial charge is 0.246 e. The second-order valence-electron chi connectivity index (χ2n) is 6.46. The lowest BCUT2D eigenvalue weighted by Gasteiger charge is -2.20. The normalized spacial score (nSPS) is 11.6. The van der Waals surface area contributed by atoms with Crippen molar-refractivity contribution in [3.63, 3.8) is 0 Å². The fourth-order valence-corrected chi connectivity index (χ4v) is 4.49. The van der Waals surface area contributed by atoms with E-state index in [2.05, 4.69) is 15.7 Å². The highest BCUT2D eigenvalue weighted by Crippen LogP contribution is 2.27. The van der Waals surface area contributed by atoms with Crippen LogP contribution in [0.25, 0.3) is 0 Å². The van der Waals surface area contributed by atoms with Crippen LogP contribution in [0.1, 0.15) is 32.2 Å². The average molecular weight is 408 g/mol. The second-order valence-corrected chi connectivity index (χ2v) is 8.40. The first kappa shape index (κ1) is 21.9. The molecule has 1 aromatic carbocycles. The molecule has 0 aliphatic heterocycles. The predicted molar refractivity (Wildman–Crippen MR) is 111 cm³/mol. The predicted octanol–water partition coefficient (Wildman–Crippen LogP) is 2.60. The van der Waals surface area contributed by atoms with Crippen molar-refractivity contribution in [2.45, 2.75) is 46.1 Å². The van der Waals surface area contributed by atoms with Crippen molar-refractivity contribution >= 4 is 27.3 Å². The van der Waals surface area contributed by atoms with Crippen LogP contribution in [0.5, 0.6) is 0 Å². The lowest BCUT2D eigenvalue weighted by Crippen LogP contribution is -2.30. The lowest BCUT2D eigenvalue weighted by atomic mass is 10.2. The number of sulfonamides is 1. The summed E-state index contributed by atoms with van der Waals surface area (Å²) in [5.41, 5.74) is 2.83. The zero-order chi connectivity index (χ0) is 20.9. The van der Waals surface area contributed by atoms with Crippen LogP contribution in [0.4, 0.5) is 11.4 Å². The Bertz CT molecular complexity index is 933. The molecule has 28 heavy (non-hydrogen) atoms. The number of nitrogens with zero attached hydrogens (tertiary/aromatic N) is 3. The highest BCUT2D eigenvalue weighted by atomic mass is 32.2. The van der Waals surface area contributed by atoms with Gasteiger partial charge in [-0.05, 0) is 45.0 Å². The number of carbonyl (C=O) groups is 1. The Hall–Kier alpha value is -2.39. The standard InChI is InChI=1S/C19H29N5O3S/c1-6-20-17-10-9-16(28(26,27)23(7-2)8-3)12-18(17)21-19(25)13-24-15(5)11-14(4)22-24/h9-12,20H,6-8,13H2,1-5H3,(H,21,25). The van der Waals surface area contributed by atoms with E-state index in [1.165, 1.54) is 10.4 Å². The molecule has 1 amide bonds. The Labute approximate surface area is 167 Å². The van der Waals surface area contributed by atoms with Crippen molar-refractivity contribution in [3.8, 4) is 0 Å². The van der Waals surface area contributed by atoms with Crippen LogP contribution in [0, 0.1) is 13.8 Å². The number of amides is 1. The summed E-state index contributed by atoms with van der Waals surface area (Å²) in [5.74, 6) is -0.275. The maximum Gasteiger partial charge on any atom is 0.246 e. The van der Waals surface area contributed by atoms with Crippen LogP contribution < -0.4 is 10.6 Å². The van der Waals surface area contributed by atoms with Gasteiger partial charge in [0.2, 0.25) is 15.9 Å². The molecule has 0 aliphatic rings. The maximum atomic E-state index is 12.8. The van der Waals surface area contributed by atoms with E-state index in [0.29, 0.717) is 31.0 Å². The van der Waals surface area contributed by atoms with Crippen molar-refractivity contribution in [2.75, 3.05) is 30.3 Å². The van der Waals surface area contributed by atoms with Gasteiger partial charge in [0.1, 0.15) is 6.54 Å². The molecule has 0 aliphatic carbocycles. The highest BCUT2D eigenvalue weighted by molar-refractivity contribution is 7.89. The molecule has 8 nitrogen and oxygen atoms in total. The highest BCUT2D eigenvalue weighted by Gasteiger charge is 2.23. The Morgan fingerprint density at radius 2 is 1.79 bits per heavy atom. The summed E-state index contributed by atoms with van der Waals surface area (Å²) in [6.07, 6.45) is 0. The van der Waals surface area contributed by atoms with E-state index in [1.807, 2.05) is 26.8 Å². The summed E-state index contributed by atoms with van der Waals surface area (Å²) in [7, 11) is -3.62. The zero-order valence-corrected chi connectivity index (χ0v) is 17.9. The van der Waals surface area contributed by atoms with Crippen LogP contribution in [-0.4, -0.2) is 48.0 Å². The minimum atomic E-state index is -3.62. The van der Waals surface area contributed by atoms with Gasteiger partial charge in [0.05, 0.1) is 22.0 Å². The fraction of sp³-hybridized carbons (Fsp3) is 0.474. The van der Waals surface area contributed by atoms with Gasteiger partial charge in [0.15, 0.2) is 0 Å². The van der Waals surface area contributed by atoms with Gasteiger partial charge >= 0.3 is 0 Å². The third kappa shape index (κ3) is 4.90. The molecule has 2 N–H and O–H groups in total.